The number of carbonyl (C=O) groups is 1. The summed E-state index contributed by atoms with van der Waals surface area (Å²) in [6, 6.07) is 3.92. The van der Waals surface area contributed by atoms with Crippen LogP contribution in [0.15, 0.2) is 17.5 Å². The van der Waals surface area contributed by atoms with E-state index >= 15 is 0 Å². The number of rotatable bonds is 8. The van der Waals surface area contributed by atoms with E-state index in [1.54, 1.807) is 11.3 Å². The fourth-order valence-corrected chi connectivity index (χ4v) is 3.78. The van der Waals surface area contributed by atoms with Gasteiger partial charge in [0, 0.05) is 21.2 Å². The zero-order valence-corrected chi connectivity index (χ0v) is 17.9. The molecule has 0 radical (unpaired) electrons. The number of ether oxygens (including phenoxy) is 1. The summed E-state index contributed by atoms with van der Waals surface area (Å²) in [6.07, 6.45) is 3.82. The molecule has 0 aliphatic rings. The molecule has 2 aromatic rings. The first-order valence-electron chi connectivity index (χ1n) is 7.91. The van der Waals surface area contributed by atoms with Gasteiger partial charge in [0.25, 0.3) is 0 Å². The largest absolute Gasteiger partial charge is 0.456 e. The van der Waals surface area contributed by atoms with Crippen LogP contribution in [0.5, 0.6) is 0 Å². The first-order valence-corrected chi connectivity index (χ1v) is 12.1. The van der Waals surface area contributed by atoms with Crippen LogP contribution in [0.2, 0.25) is 0 Å². The lowest BCUT2D eigenvalue weighted by atomic mass is 10.1. The highest BCUT2D eigenvalue weighted by molar-refractivity contribution is 14.2. The van der Waals surface area contributed by atoms with Crippen LogP contribution >= 0.6 is 41.8 Å². The Morgan fingerprint density at radius 2 is 2.12 bits per heavy atom. The van der Waals surface area contributed by atoms with Crippen molar-refractivity contribution in [2.75, 3.05) is 6.61 Å². The van der Waals surface area contributed by atoms with Crippen molar-refractivity contribution >= 4 is 57.9 Å². The maximum absolute atomic E-state index is 12.5. The van der Waals surface area contributed by atoms with Crippen LogP contribution in [-0.4, -0.2) is 23.2 Å². The van der Waals surface area contributed by atoms with E-state index in [4.69, 9.17) is 13.9 Å². The topological polar surface area (TPSA) is 48.4 Å². The monoisotopic (exact) mass is 479 g/mol. The van der Waals surface area contributed by atoms with Gasteiger partial charge in [-0.15, -0.1) is 11.3 Å². The standard InChI is InChI=1S/C17H22INO3S2/c1-17(2,3)22-16(20)12-11-15-14(8-10-23-15)19-13(12)7-5-4-6-9-21-24-18/h8,10-11H,4-7,9H2,1-3H3. The number of esters is 1. The number of nitrogens with zero attached hydrogens (tertiary/aromatic N) is 1. The minimum absolute atomic E-state index is 0.287. The number of unbranched alkanes of at least 4 members (excludes halogenated alkanes) is 2. The summed E-state index contributed by atoms with van der Waals surface area (Å²) in [5.41, 5.74) is 1.87. The third-order valence-electron chi connectivity index (χ3n) is 3.32. The first-order chi connectivity index (χ1) is 11.4. The summed E-state index contributed by atoms with van der Waals surface area (Å²) in [7, 11) is 1.37. The van der Waals surface area contributed by atoms with Gasteiger partial charge in [-0.3, -0.25) is 4.98 Å². The second-order valence-electron chi connectivity index (χ2n) is 6.48. The van der Waals surface area contributed by atoms with Crippen molar-refractivity contribution in [1.82, 2.24) is 4.98 Å². The van der Waals surface area contributed by atoms with E-state index in [0.717, 1.165) is 48.2 Å². The predicted molar refractivity (Wildman–Crippen MR) is 110 cm³/mol. The number of carbonyl (C=O) groups excluding carboxylic acids is 1. The smallest absolute Gasteiger partial charge is 0.340 e. The minimum Gasteiger partial charge on any atom is -0.456 e. The SMILES string of the molecule is CC(C)(C)OC(=O)c1cc2sccc2nc1CCCCCOSI. The molecule has 0 bridgehead atoms. The Bertz CT molecular complexity index is 682. The number of thiophene rings is 1. The van der Waals surface area contributed by atoms with E-state index in [0.29, 0.717) is 5.56 Å². The average Bonchev–Trinajstić information content (AvgIpc) is 2.95. The van der Waals surface area contributed by atoms with Crippen molar-refractivity contribution in [3.05, 3.63) is 28.8 Å². The number of halogens is 1. The molecule has 2 rings (SSSR count). The Balaban J connectivity index is 2.10. The number of pyridine rings is 1. The molecule has 24 heavy (non-hydrogen) atoms. The highest BCUT2D eigenvalue weighted by atomic mass is 127. The molecule has 0 aliphatic heterocycles. The van der Waals surface area contributed by atoms with Gasteiger partial charge < -0.3 is 8.92 Å². The number of hydrogen-bond acceptors (Lipinski definition) is 6. The van der Waals surface area contributed by atoms with Crippen LogP contribution in [0.25, 0.3) is 10.2 Å². The molecular weight excluding hydrogens is 457 g/mol. The maximum Gasteiger partial charge on any atom is 0.340 e. The number of fused-ring (bicyclic) bond motifs is 1. The van der Waals surface area contributed by atoms with Crippen molar-refractivity contribution in [1.29, 1.82) is 0 Å². The lowest BCUT2D eigenvalue weighted by Gasteiger charge is -2.20. The van der Waals surface area contributed by atoms with Crippen molar-refractivity contribution in [2.24, 2.45) is 0 Å². The van der Waals surface area contributed by atoms with E-state index in [-0.39, 0.29) is 5.97 Å². The molecule has 0 saturated carbocycles. The van der Waals surface area contributed by atoms with Crippen LogP contribution in [0.1, 0.15) is 56.1 Å². The molecule has 0 fully saturated rings. The molecule has 132 valence electrons. The van der Waals surface area contributed by atoms with E-state index in [1.807, 2.05) is 38.3 Å². The Labute approximate surface area is 163 Å². The van der Waals surface area contributed by atoms with Gasteiger partial charge in [-0.05, 0) is 57.5 Å². The van der Waals surface area contributed by atoms with Crippen molar-refractivity contribution in [3.63, 3.8) is 0 Å². The fraction of sp³-hybridized carbons (Fsp3) is 0.529. The summed E-state index contributed by atoms with van der Waals surface area (Å²) in [4.78, 5) is 17.2. The van der Waals surface area contributed by atoms with Gasteiger partial charge in [-0.25, -0.2) is 4.79 Å². The Kier molecular flexibility index (Phi) is 7.77. The number of aromatic nitrogens is 1. The second kappa shape index (κ2) is 9.35. The van der Waals surface area contributed by atoms with Gasteiger partial charge in [-0.2, -0.15) is 0 Å². The lowest BCUT2D eigenvalue weighted by molar-refractivity contribution is 0.00680. The zero-order chi connectivity index (χ0) is 17.6. The molecule has 7 heteroatoms. The number of hydrogen-bond donors (Lipinski definition) is 0. The van der Waals surface area contributed by atoms with Gasteiger partial charge in [0.1, 0.15) is 5.60 Å². The third kappa shape index (κ3) is 6.16. The van der Waals surface area contributed by atoms with Crippen LogP contribution < -0.4 is 0 Å². The van der Waals surface area contributed by atoms with E-state index in [9.17, 15) is 4.79 Å². The third-order valence-corrected chi connectivity index (χ3v) is 5.19. The highest BCUT2D eigenvalue weighted by Gasteiger charge is 2.22. The quantitative estimate of drug-likeness (QED) is 0.202. The van der Waals surface area contributed by atoms with Crippen LogP contribution in [-0.2, 0) is 15.3 Å². The van der Waals surface area contributed by atoms with Gasteiger partial charge >= 0.3 is 5.97 Å². The predicted octanol–water partition coefficient (Wildman–Crippen LogP) is 5.98. The second-order valence-corrected chi connectivity index (χ2v) is 8.87. The summed E-state index contributed by atoms with van der Waals surface area (Å²) in [5, 5.41) is 2.00. The Hall–Kier alpha value is -0.380. The molecule has 0 unspecified atom stereocenters. The number of aryl methyl sites for hydroxylation is 1. The Morgan fingerprint density at radius 3 is 2.83 bits per heavy atom. The summed E-state index contributed by atoms with van der Waals surface area (Å²) < 4.78 is 11.8. The van der Waals surface area contributed by atoms with Gasteiger partial charge in [0.15, 0.2) is 0 Å². The minimum atomic E-state index is -0.507. The molecule has 0 atom stereocenters. The molecular formula is C17H22INO3S2. The molecule has 0 amide bonds. The van der Waals surface area contributed by atoms with E-state index in [2.05, 4.69) is 21.2 Å². The van der Waals surface area contributed by atoms with Crippen molar-refractivity contribution in [2.45, 2.75) is 52.1 Å². The van der Waals surface area contributed by atoms with Gasteiger partial charge in [-0.1, -0.05) is 6.42 Å². The van der Waals surface area contributed by atoms with Crippen LogP contribution in [0.4, 0.5) is 0 Å². The Morgan fingerprint density at radius 1 is 1.33 bits per heavy atom. The fourth-order valence-electron chi connectivity index (χ4n) is 2.30. The average molecular weight is 479 g/mol. The normalized spacial score (nSPS) is 11.8. The summed E-state index contributed by atoms with van der Waals surface area (Å²) in [5.74, 6) is -0.287. The van der Waals surface area contributed by atoms with Gasteiger partial charge in [0.2, 0.25) is 0 Å². The van der Waals surface area contributed by atoms with E-state index < -0.39 is 5.60 Å². The van der Waals surface area contributed by atoms with E-state index in [1.165, 1.54) is 9.21 Å². The van der Waals surface area contributed by atoms with Crippen molar-refractivity contribution < 1.29 is 13.7 Å². The molecule has 0 aliphatic carbocycles. The molecule has 2 heterocycles. The highest BCUT2D eigenvalue weighted by Crippen LogP contribution is 2.25. The summed E-state index contributed by atoms with van der Waals surface area (Å²) in [6.45, 7) is 6.40. The summed E-state index contributed by atoms with van der Waals surface area (Å²) >= 11 is 3.71. The first kappa shape index (κ1) is 19.9. The maximum atomic E-state index is 12.5. The van der Waals surface area contributed by atoms with Gasteiger partial charge in [0.05, 0.1) is 37.3 Å². The van der Waals surface area contributed by atoms with Crippen LogP contribution in [0, 0.1) is 0 Å². The van der Waals surface area contributed by atoms with Crippen LogP contribution in [0.3, 0.4) is 0 Å². The lowest BCUT2D eigenvalue weighted by Crippen LogP contribution is -2.24. The molecule has 0 N–H and O–H groups in total. The zero-order valence-electron chi connectivity index (χ0n) is 14.1. The molecule has 2 aromatic heterocycles. The van der Waals surface area contributed by atoms with Crippen molar-refractivity contribution in [3.8, 4) is 0 Å². The molecule has 4 nitrogen and oxygen atoms in total. The molecule has 0 saturated heterocycles. The molecule has 0 spiro atoms. The molecule has 0 aromatic carbocycles.